The van der Waals surface area contributed by atoms with E-state index in [4.69, 9.17) is 5.11 Å². The Morgan fingerprint density at radius 3 is 2.72 bits per heavy atom. The lowest BCUT2D eigenvalue weighted by Gasteiger charge is -2.33. The number of urea groups is 1. The summed E-state index contributed by atoms with van der Waals surface area (Å²) in [7, 11) is 0. The molecule has 1 unspecified atom stereocenters. The van der Waals surface area contributed by atoms with E-state index >= 15 is 0 Å². The predicted octanol–water partition coefficient (Wildman–Crippen LogP) is -1.09. The second-order valence-electron chi connectivity index (χ2n) is 3.84. The Balaban J connectivity index is 2.60. The van der Waals surface area contributed by atoms with Crippen LogP contribution in [0.25, 0.3) is 0 Å². The summed E-state index contributed by atoms with van der Waals surface area (Å²) in [6.45, 7) is 1.47. The number of aliphatic carboxylic acids is 1. The molecule has 8 heteroatoms. The Morgan fingerprint density at radius 2 is 2.17 bits per heavy atom. The van der Waals surface area contributed by atoms with Crippen molar-refractivity contribution in [2.24, 2.45) is 0 Å². The van der Waals surface area contributed by atoms with Gasteiger partial charge in [-0.3, -0.25) is 19.7 Å². The number of carbonyl (C=O) groups is 4. The average Bonchev–Trinajstić information content (AvgIpc) is 2.27. The summed E-state index contributed by atoms with van der Waals surface area (Å²) < 4.78 is 0. The highest BCUT2D eigenvalue weighted by Crippen LogP contribution is 2.09. The fourth-order valence-electron chi connectivity index (χ4n) is 1.66. The molecule has 4 amide bonds. The molecule has 18 heavy (non-hydrogen) atoms. The number of nitrogens with zero attached hydrogens (tertiary/aromatic N) is 1. The van der Waals surface area contributed by atoms with Crippen LogP contribution in [0, 0.1) is 0 Å². The maximum atomic E-state index is 11.7. The first-order chi connectivity index (χ1) is 8.45. The van der Waals surface area contributed by atoms with E-state index in [0.29, 0.717) is 6.42 Å². The van der Waals surface area contributed by atoms with Crippen molar-refractivity contribution in [2.45, 2.75) is 25.8 Å². The Bertz CT molecular complexity index is 382. The number of carboxylic acids is 1. The van der Waals surface area contributed by atoms with E-state index in [1.807, 2.05) is 0 Å². The molecule has 0 aromatic heterocycles. The average molecular weight is 257 g/mol. The number of imide groups is 1. The van der Waals surface area contributed by atoms with Gasteiger partial charge in [-0.1, -0.05) is 6.92 Å². The molecule has 1 aliphatic rings. The molecule has 3 N–H and O–H groups in total. The summed E-state index contributed by atoms with van der Waals surface area (Å²) in [4.78, 5) is 45.8. The van der Waals surface area contributed by atoms with Gasteiger partial charge in [-0.2, -0.15) is 0 Å². The maximum Gasteiger partial charge on any atom is 0.318 e. The lowest BCUT2D eigenvalue weighted by Crippen LogP contribution is -2.61. The lowest BCUT2D eigenvalue weighted by molar-refractivity contribution is -0.139. The minimum absolute atomic E-state index is 0.0447. The van der Waals surface area contributed by atoms with Crippen molar-refractivity contribution in [1.29, 1.82) is 0 Å². The van der Waals surface area contributed by atoms with Gasteiger partial charge in [-0.25, -0.2) is 4.79 Å². The molecule has 0 aliphatic carbocycles. The van der Waals surface area contributed by atoms with Gasteiger partial charge in [0.1, 0.15) is 12.6 Å². The molecule has 0 spiro atoms. The molecule has 0 saturated carbocycles. The fourth-order valence-corrected chi connectivity index (χ4v) is 1.66. The van der Waals surface area contributed by atoms with E-state index < -0.39 is 29.9 Å². The standard InChI is InChI=1S/C10H15N3O5/c1-2-6-9(17)12-7(14)5-13(6)10(18)11-4-3-8(15)16/h6H,2-5H2,1H3,(H,11,18)(H,15,16)(H,12,14,17). The number of amides is 4. The second-order valence-corrected chi connectivity index (χ2v) is 3.84. The highest BCUT2D eigenvalue weighted by Gasteiger charge is 2.35. The topological polar surface area (TPSA) is 116 Å². The van der Waals surface area contributed by atoms with Crippen LogP contribution >= 0.6 is 0 Å². The van der Waals surface area contributed by atoms with Crippen molar-refractivity contribution in [1.82, 2.24) is 15.5 Å². The molecule has 1 atom stereocenters. The maximum absolute atomic E-state index is 11.7. The summed E-state index contributed by atoms with van der Waals surface area (Å²) in [5.41, 5.74) is 0. The van der Waals surface area contributed by atoms with Crippen molar-refractivity contribution >= 4 is 23.8 Å². The minimum Gasteiger partial charge on any atom is -0.481 e. The van der Waals surface area contributed by atoms with Crippen molar-refractivity contribution in [3.63, 3.8) is 0 Å². The monoisotopic (exact) mass is 257 g/mol. The molecule has 0 radical (unpaired) electrons. The fraction of sp³-hybridized carbons (Fsp3) is 0.600. The van der Waals surface area contributed by atoms with E-state index in [1.165, 1.54) is 0 Å². The van der Waals surface area contributed by atoms with E-state index in [1.54, 1.807) is 6.92 Å². The molecule has 1 rings (SSSR count). The van der Waals surface area contributed by atoms with Crippen LogP contribution < -0.4 is 10.6 Å². The van der Waals surface area contributed by atoms with E-state index in [-0.39, 0.29) is 19.5 Å². The van der Waals surface area contributed by atoms with Crippen LogP contribution in [0.1, 0.15) is 19.8 Å². The SMILES string of the molecule is CCC1C(=O)NC(=O)CN1C(=O)NCCC(=O)O. The van der Waals surface area contributed by atoms with Gasteiger partial charge in [0.05, 0.1) is 6.42 Å². The largest absolute Gasteiger partial charge is 0.481 e. The first kappa shape index (κ1) is 13.9. The zero-order valence-corrected chi connectivity index (χ0v) is 9.93. The number of piperazine rings is 1. The normalized spacial score (nSPS) is 19.4. The Morgan fingerprint density at radius 1 is 1.50 bits per heavy atom. The highest BCUT2D eigenvalue weighted by molar-refractivity contribution is 6.04. The second kappa shape index (κ2) is 5.99. The molecule has 1 aliphatic heterocycles. The van der Waals surface area contributed by atoms with Crippen molar-refractivity contribution in [3.8, 4) is 0 Å². The summed E-state index contributed by atoms with van der Waals surface area (Å²) in [5, 5.41) is 12.9. The Kier molecular flexibility index (Phi) is 4.64. The molecule has 1 saturated heterocycles. The van der Waals surface area contributed by atoms with Gasteiger partial charge in [-0.15, -0.1) is 0 Å². The van der Waals surface area contributed by atoms with Crippen LogP contribution in [0.5, 0.6) is 0 Å². The van der Waals surface area contributed by atoms with E-state index in [2.05, 4.69) is 10.6 Å². The van der Waals surface area contributed by atoms with Crippen molar-refractivity contribution in [2.75, 3.05) is 13.1 Å². The summed E-state index contributed by atoms with van der Waals surface area (Å²) in [6, 6.07) is -1.31. The van der Waals surface area contributed by atoms with Crippen molar-refractivity contribution in [3.05, 3.63) is 0 Å². The summed E-state index contributed by atoms with van der Waals surface area (Å²) >= 11 is 0. The molecular weight excluding hydrogens is 242 g/mol. The molecule has 0 bridgehead atoms. The van der Waals surface area contributed by atoms with Crippen LogP contribution in [0.15, 0.2) is 0 Å². The van der Waals surface area contributed by atoms with Gasteiger partial charge in [0, 0.05) is 6.54 Å². The molecule has 1 fully saturated rings. The molecule has 100 valence electrons. The van der Waals surface area contributed by atoms with Crippen LogP contribution in [0.4, 0.5) is 4.79 Å². The van der Waals surface area contributed by atoms with Gasteiger partial charge >= 0.3 is 12.0 Å². The predicted molar refractivity (Wildman–Crippen MR) is 59.6 cm³/mol. The van der Waals surface area contributed by atoms with E-state index in [9.17, 15) is 19.2 Å². The molecule has 0 aromatic rings. The number of hydrogen-bond donors (Lipinski definition) is 3. The van der Waals surface area contributed by atoms with Crippen LogP contribution in [-0.4, -0.2) is 53.0 Å². The van der Waals surface area contributed by atoms with Gasteiger partial charge in [0.25, 0.3) is 0 Å². The Labute approximate surface area is 103 Å². The van der Waals surface area contributed by atoms with Gasteiger partial charge in [0.2, 0.25) is 11.8 Å². The van der Waals surface area contributed by atoms with Crippen LogP contribution in [-0.2, 0) is 14.4 Å². The first-order valence-electron chi connectivity index (χ1n) is 5.55. The Hall–Kier alpha value is -2.12. The third kappa shape index (κ3) is 3.44. The smallest absolute Gasteiger partial charge is 0.318 e. The third-order valence-corrected chi connectivity index (χ3v) is 2.52. The van der Waals surface area contributed by atoms with Crippen molar-refractivity contribution < 1.29 is 24.3 Å². The zero-order chi connectivity index (χ0) is 13.7. The quantitative estimate of drug-likeness (QED) is 0.553. The van der Waals surface area contributed by atoms with E-state index in [0.717, 1.165) is 4.90 Å². The number of rotatable bonds is 4. The van der Waals surface area contributed by atoms with Gasteiger partial charge in [-0.05, 0) is 6.42 Å². The van der Waals surface area contributed by atoms with Crippen LogP contribution in [0.2, 0.25) is 0 Å². The van der Waals surface area contributed by atoms with Gasteiger partial charge < -0.3 is 15.3 Å². The number of carbonyl (C=O) groups excluding carboxylic acids is 3. The van der Waals surface area contributed by atoms with Gasteiger partial charge in [0.15, 0.2) is 0 Å². The molecule has 8 nitrogen and oxygen atoms in total. The minimum atomic E-state index is -1.03. The summed E-state index contributed by atoms with van der Waals surface area (Å²) in [5.74, 6) is -2.09. The number of hydrogen-bond acceptors (Lipinski definition) is 4. The molecule has 1 heterocycles. The molecule has 0 aromatic carbocycles. The highest BCUT2D eigenvalue weighted by atomic mass is 16.4. The number of nitrogens with one attached hydrogen (secondary N) is 2. The van der Waals surface area contributed by atoms with Crippen LogP contribution in [0.3, 0.4) is 0 Å². The zero-order valence-electron chi connectivity index (χ0n) is 9.93. The summed E-state index contributed by atoms with van der Waals surface area (Å²) in [6.07, 6.45) is 0.169. The number of carboxylic acid groups (broad SMARTS) is 1. The third-order valence-electron chi connectivity index (χ3n) is 2.52. The molecular formula is C10H15N3O5. The first-order valence-corrected chi connectivity index (χ1v) is 5.55. The lowest BCUT2D eigenvalue weighted by atomic mass is 10.1.